The van der Waals surface area contributed by atoms with E-state index in [9.17, 15) is 29.1 Å². The molecule has 2 rings (SSSR count). The molecule has 0 aliphatic carbocycles. The number of nitrogens with zero attached hydrogens (tertiary/aromatic N) is 5. The Morgan fingerprint density at radius 2 is 1.93 bits per heavy atom. The molecule has 152 valence electrons. The van der Waals surface area contributed by atoms with Gasteiger partial charge in [0.2, 0.25) is 11.8 Å². The summed E-state index contributed by atoms with van der Waals surface area (Å²) < 4.78 is 3.32. The third-order valence-corrected chi connectivity index (χ3v) is 4.37. The minimum absolute atomic E-state index is 0.0341. The first kappa shape index (κ1) is 20.9. The van der Waals surface area contributed by atoms with E-state index < -0.39 is 35.7 Å². The highest BCUT2D eigenvalue weighted by molar-refractivity contribution is 5.83. The molecule has 1 unspecified atom stereocenters. The largest absolute Gasteiger partial charge is 0.480 e. The maximum absolute atomic E-state index is 12.7. The van der Waals surface area contributed by atoms with E-state index in [2.05, 4.69) is 10.3 Å². The Hall–Kier alpha value is -3.44. The lowest BCUT2D eigenvalue weighted by molar-refractivity contribution is -0.149. The molecule has 2 heterocycles. The standard InChI is InChI=1S/C16H22N6O6/c1-9(15(26)27)21(6-5-17-10(2)23)11(24)7-22-14(25)12-13(18-8-19(12)3)20(4)16(22)28/h8-9H,5-7H2,1-4H3,(H,17,23)(H,26,27). The average Bonchev–Trinajstić information content (AvgIpc) is 3.01. The summed E-state index contributed by atoms with van der Waals surface area (Å²) in [6.07, 6.45) is 1.38. The number of aryl methyl sites for hydroxylation is 2. The Labute approximate surface area is 159 Å². The molecule has 2 aromatic rings. The van der Waals surface area contributed by atoms with Gasteiger partial charge in [0.15, 0.2) is 11.2 Å². The number of hydrogen-bond acceptors (Lipinski definition) is 6. The van der Waals surface area contributed by atoms with Gasteiger partial charge in [0.25, 0.3) is 5.56 Å². The summed E-state index contributed by atoms with van der Waals surface area (Å²) in [6.45, 7) is 1.91. The number of carboxylic acids is 1. The third-order valence-electron chi connectivity index (χ3n) is 4.37. The van der Waals surface area contributed by atoms with E-state index in [1.165, 1.54) is 31.8 Å². The fraction of sp³-hybridized carbons (Fsp3) is 0.500. The molecular weight excluding hydrogens is 372 g/mol. The Morgan fingerprint density at radius 1 is 1.29 bits per heavy atom. The lowest BCUT2D eigenvalue weighted by atomic mass is 10.2. The number of fused-ring (bicyclic) bond motifs is 1. The van der Waals surface area contributed by atoms with Gasteiger partial charge in [-0.3, -0.25) is 19.0 Å². The molecule has 2 amide bonds. The molecule has 28 heavy (non-hydrogen) atoms. The lowest BCUT2D eigenvalue weighted by Crippen LogP contribution is -2.50. The van der Waals surface area contributed by atoms with Crippen LogP contribution < -0.4 is 16.6 Å². The number of rotatable bonds is 7. The minimum atomic E-state index is -1.25. The van der Waals surface area contributed by atoms with Crippen molar-refractivity contribution in [2.24, 2.45) is 14.1 Å². The van der Waals surface area contributed by atoms with E-state index >= 15 is 0 Å². The summed E-state index contributed by atoms with van der Waals surface area (Å²) in [6, 6.07) is -1.21. The first-order valence-corrected chi connectivity index (χ1v) is 8.43. The highest BCUT2D eigenvalue weighted by Gasteiger charge is 2.27. The number of carbonyl (C=O) groups excluding carboxylic acids is 2. The van der Waals surface area contributed by atoms with E-state index in [0.29, 0.717) is 0 Å². The number of aromatic nitrogens is 4. The molecule has 0 bridgehead atoms. The van der Waals surface area contributed by atoms with Crippen LogP contribution in [0.1, 0.15) is 13.8 Å². The smallest absolute Gasteiger partial charge is 0.332 e. The minimum Gasteiger partial charge on any atom is -0.480 e. The molecule has 0 aliphatic rings. The van der Waals surface area contributed by atoms with Gasteiger partial charge in [-0.2, -0.15) is 0 Å². The van der Waals surface area contributed by atoms with Gasteiger partial charge in [0.05, 0.1) is 6.33 Å². The number of nitrogens with one attached hydrogen (secondary N) is 1. The zero-order valence-electron chi connectivity index (χ0n) is 16.0. The van der Waals surface area contributed by atoms with E-state index in [-0.39, 0.29) is 30.2 Å². The van der Waals surface area contributed by atoms with Crippen LogP contribution >= 0.6 is 0 Å². The number of carboxylic acid groups (broad SMARTS) is 1. The normalized spacial score (nSPS) is 12.0. The van der Waals surface area contributed by atoms with Crippen molar-refractivity contribution in [3.05, 3.63) is 27.2 Å². The first-order chi connectivity index (χ1) is 13.1. The van der Waals surface area contributed by atoms with Crippen molar-refractivity contribution in [3.63, 3.8) is 0 Å². The first-order valence-electron chi connectivity index (χ1n) is 8.43. The van der Waals surface area contributed by atoms with E-state index in [1.807, 2.05) is 0 Å². The Kier molecular flexibility index (Phi) is 6.01. The van der Waals surface area contributed by atoms with E-state index in [1.54, 1.807) is 7.05 Å². The zero-order chi connectivity index (χ0) is 21.2. The van der Waals surface area contributed by atoms with Gasteiger partial charge in [0, 0.05) is 34.1 Å². The quantitative estimate of drug-likeness (QED) is 0.545. The van der Waals surface area contributed by atoms with Crippen LogP contribution in [0.3, 0.4) is 0 Å². The molecule has 0 aliphatic heterocycles. The summed E-state index contributed by atoms with van der Waals surface area (Å²) in [5.41, 5.74) is -1.11. The average molecular weight is 394 g/mol. The van der Waals surface area contributed by atoms with Crippen molar-refractivity contribution in [2.45, 2.75) is 26.4 Å². The molecule has 12 nitrogen and oxygen atoms in total. The van der Waals surface area contributed by atoms with Gasteiger partial charge in [-0.15, -0.1) is 0 Å². The summed E-state index contributed by atoms with van der Waals surface area (Å²) in [4.78, 5) is 65.3. The van der Waals surface area contributed by atoms with Crippen LogP contribution in [-0.2, 0) is 35.0 Å². The van der Waals surface area contributed by atoms with Gasteiger partial charge in [-0.25, -0.2) is 19.1 Å². The van der Waals surface area contributed by atoms with Crippen molar-refractivity contribution < 1.29 is 19.5 Å². The molecule has 0 fully saturated rings. The predicted molar refractivity (Wildman–Crippen MR) is 97.7 cm³/mol. The van der Waals surface area contributed by atoms with Crippen LogP contribution in [0.2, 0.25) is 0 Å². The zero-order valence-corrected chi connectivity index (χ0v) is 16.0. The van der Waals surface area contributed by atoms with Gasteiger partial charge in [0.1, 0.15) is 12.6 Å². The lowest BCUT2D eigenvalue weighted by Gasteiger charge is -2.26. The van der Waals surface area contributed by atoms with Crippen molar-refractivity contribution in [2.75, 3.05) is 13.1 Å². The Morgan fingerprint density at radius 3 is 2.50 bits per heavy atom. The number of imidazole rings is 1. The second-order valence-electron chi connectivity index (χ2n) is 6.34. The molecule has 12 heteroatoms. The number of carbonyl (C=O) groups is 3. The predicted octanol–water partition coefficient (Wildman–Crippen LogP) is -2.13. The second kappa shape index (κ2) is 8.06. The van der Waals surface area contributed by atoms with Crippen molar-refractivity contribution in [3.8, 4) is 0 Å². The van der Waals surface area contributed by atoms with Gasteiger partial charge in [-0.1, -0.05) is 0 Å². The van der Waals surface area contributed by atoms with E-state index in [0.717, 1.165) is 14.0 Å². The van der Waals surface area contributed by atoms with Gasteiger partial charge < -0.3 is 19.9 Å². The van der Waals surface area contributed by atoms with Crippen LogP contribution in [0.25, 0.3) is 11.2 Å². The van der Waals surface area contributed by atoms with Crippen molar-refractivity contribution >= 4 is 28.9 Å². The summed E-state index contributed by atoms with van der Waals surface area (Å²) in [5, 5.41) is 11.7. The maximum Gasteiger partial charge on any atom is 0.332 e. The number of amides is 2. The maximum atomic E-state index is 12.7. The number of aliphatic carboxylic acids is 1. The Balaban J connectivity index is 2.41. The van der Waals surface area contributed by atoms with E-state index in [4.69, 9.17) is 0 Å². The van der Waals surface area contributed by atoms with Crippen molar-refractivity contribution in [1.82, 2.24) is 28.9 Å². The molecule has 2 N–H and O–H groups in total. The SMILES string of the molecule is CC(=O)NCCN(C(=O)Cn1c(=O)c2c(ncn2C)n(C)c1=O)C(C)C(=O)O. The molecule has 0 saturated carbocycles. The van der Waals surface area contributed by atoms with Crippen LogP contribution in [-0.4, -0.2) is 65.6 Å². The summed E-state index contributed by atoms with van der Waals surface area (Å²) >= 11 is 0. The van der Waals surface area contributed by atoms with Gasteiger partial charge >= 0.3 is 11.7 Å². The highest BCUT2D eigenvalue weighted by atomic mass is 16.4. The molecule has 2 aromatic heterocycles. The fourth-order valence-electron chi connectivity index (χ4n) is 2.78. The second-order valence-corrected chi connectivity index (χ2v) is 6.34. The van der Waals surface area contributed by atoms with Crippen LogP contribution in [0.5, 0.6) is 0 Å². The topological polar surface area (TPSA) is 149 Å². The molecular formula is C16H22N6O6. The highest BCUT2D eigenvalue weighted by Crippen LogP contribution is 2.05. The van der Waals surface area contributed by atoms with Crippen LogP contribution in [0.4, 0.5) is 0 Å². The summed E-state index contributed by atoms with van der Waals surface area (Å²) in [7, 11) is 3.01. The Bertz CT molecular complexity index is 1050. The van der Waals surface area contributed by atoms with Crippen LogP contribution in [0, 0.1) is 0 Å². The van der Waals surface area contributed by atoms with Crippen molar-refractivity contribution in [1.29, 1.82) is 0 Å². The summed E-state index contributed by atoms with van der Waals surface area (Å²) in [5.74, 6) is -2.32. The molecule has 0 radical (unpaired) electrons. The van der Waals surface area contributed by atoms with Gasteiger partial charge in [-0.05, 0) is 6.92 Å². The number of hydrogen-bond donors (Lipinski definition) is 2. The van der Waals surface area contributed by atoms with Crippen LogP contribution in [0.15, 0.2) is 15.9 Å². The fourth-order valence-corrected chi connectivity index (χ4v) is 2.78. The third kappa shape index (κ3) is 3.94. The monoisotopic (exact) mass is 394 g/mol. The molecule has 0 saturated heterocycles. The molecule has 0 spiro atoms. The molecule has 0 aromatic carbocycles. The molecule has 1 atom stereocenters.